The van der Waals surface area contributed by atoms with E-state index in [1.807, 2.05) is 13.0 Å². The van der Waals surface area contributed by atoms with Crippen molar-refractivity contribution < 1.29 is 66.1 Å². The predicted octanol–water partition coefficient (Wildman–Crippen LogP) is 12.3. The van der Waals surface area contributed by atoms with E-state index < -0.39 is 8.32 Å². The molecule has 3 aliphatic heterocycles. The van der Waals surface area contributed by atoms with E-state index in [9.17, 15) is 4.79 Å². The van der Waals surface area contributed by atoms with Gasteiger partial charge in [-0.25, -0.2) is 4.79 Å². The van der Waals surface area contributed by atoms with Crippen molar-refractivity contribution in [2.24, 2.45) is 0 Å². The van der Waals surface area contributed by atoms with Crippen LogP contribution in [-0.2, 0) is 66.1 Å². The minimum Gasteiger partial charge on any atom is -0.455 e. The summed E-state index contributed by atoms with van der Waals surface area (Å²) >= 11 is 0. The van der Waals surface area contributed by atoms with Crippen LogP contribution < -0.4 is 10.4 Å². The fourth-order valence-electron chi connectivity index (χ4n) is 11.8. The van der Waals surface area contributed by atoms with Gasteiger partial charge in [0.2, 0.25) is 0 Å². The van der Waals surface area contributed by atoms with Gasteiger partial charge in [-0.2, -0.15) is 0 Å². The summed E-state index contributed by atoms with van der Waals surface area (Å²) in [5, 5.41) is 2.32. The second-order valence-corrected chi connectivity index (χ2v) is 27.7. The monoisotopic (exact) mass is 1140 g/mol. The molecule has 3 heterocycles. The van der Waals surface area contributed by atoms with Crippen LogP contribution in [0.1, 0.15) is 182 Å². The Morgan fingerprint density at radius 1 is 0.588 bits per heavy atom. The molecule has 14 nitrogen and oxygen atoms in total. The van der Waals surface area contributed by atoms with Crippen LogP contribution in [0.3, 0.4) is 0 Å². The van der Waals surface area contributed by atoms with E-state index in [-0.39, 0.29) is 86.3 Å². The number of carbonyl (C=O) groups is 1. The quantitative estimate of drug-likeness (QED) is 0.0269. The molecule has 456 valence electrons. The van der Waals surface area contributed by atoms with Gasteiger partial charge in [-0.15, -0.1) is 0 Å². The summed E-state index contributed by atoms with van der Waals surface area (Å²) in [6.07, 6.45) is 25.1. The zero-order chi connectivity index (χ0) is 57.1. The van der Waals surface area contributed by atoms with Gasteiger partial charge in [0.25, 0.3) is 8.32 Å². The molecule has 0 saturated carbocycles. The first-order valence-corrected chi connectivity index (χ1v) is 33.0. The SMILES string of the molecule is CCCCCCCCCC[C@@H]1O[C@H]([C@H](CC[C@H](OCOCCOC)[C@@H]2CC[C@@H](CCCCCCC[C@H](CC3=C[C@H](C)OC3=O)O[Si](c3ccccc3)(c3ccccc3)C(C)(C)C)O2)OCOCCOC)CC[C@H]1OCOCCOC. The molecule has 2 fully saturated rings. The lowest BCUT2D eigenvalue weighted by molar-refractivity contribution is -0.216. The molecular formula is C65H108O14Si. The topological polar surface area (TPSA) is 137 Å². The standard InChI is InChI=1S/C65H108O14Si/c1-9-10-11-12-13-14-18-27-34-61-58(73-49-70-44-41-67-6)39-40-63(78-61)60(75-51-72-46-43-69-8)38-37-59(74-50-71-45-42-68-7)62-36-35-54(77-62)28-21-16-15-17-22-29-55(48-53-47-52(2)76-64(53)66)79-80(65(3,4)5,56-30-23-19-24-31-56)57-32-25-20-26-33-57/h19-20,23-26,30-33,47,52,54-55,58-63H,9-18,21-22,27-29,34-46,48-51H2,1-8H3/t52-,54+,55+,58+,59-,60-,61-,62-,63-/m0/s1. The Bertz CT molecular complexity index is 1860. The van der Waals surface area contributed by atoms with Crippen molar-refractivity contribution in [1.82, 2.24) is 0 Å². The van der Waals surface area contributed by atoms with Crippen molar-refractivity contribution in [2.45, 2.75) is 242 Å². The maximum Gasteiger partial charge on any atom is 0.334 e. The Balaban J connectivity index is 1.17. The number of carbonyl (C=O) groups excluding carboxylic acids is 1. The van der Waals surface area contributed by atoms with Crippen molar-refractivity contribution in [3.8, 4) is 0 Å². The third-order valence-electron chi connectivity index (χ3n) is 16.2. The Hall–Kier alpha value is -2.61. The Labute approximate surface area is 484 Å². The first kappa shape index (κ1) is 68.2. The number of cyclic esters (lactones) is 1. The highest BCUT2D eigenvalue weighted by atomic mass is 28.4. The molecule has 0 aromatic heterocycles. The van der Waals surface area contributed by atoms with E-state index in [1.54, 1.807) is 21.3 Å². The van der Waals surface area contributed by atoms with Crippen molar-refractivity contribution in [1.29, 1.82) is 0 Å². The van der Waals surface area contributed by atoms with E-state index in [4.69, 9.17) is 61.3 Å². The lowest BCUT2D eigenvalue weighted by Crippen LogP contribution is -2.67. The van der Waals surface area contributed by atoms with Gasteiger partial charge in [0.15, 0.2) is 0 Å². The normalized spacial score (nSPS) is 21.9. The van der Waals surface area contributed by atoms with Gasteiger partial charge in [0.05, 0.1) is 88.5 Å². The molecule has 3 aliphatic rings. The summed E-state index contributed by atoms with van der Waals surface area (Å²) in [5.74, 6) is -0.219. The van der Waals surface area contributed by atoms with Crippen molar-refractivity contribution >= 4 is 24.7 Å². The number of ether oxygens (including phenoxy) is 12. The minimum absolute atomic E-state index is 0.0495. The third kappa shape index (κ3) is 24.2. The molecule has 0 aliphatic carbocycles. The lowest BCUT2D eigenvalue weighted by Gasteiger charge is -2.45. The molecule has 0 unspecified atom stereocenters. The average molecular weight is 1140 g/mol. The number of hydrogen-bond acceptors (Lipinski definition) is 14. The third-order valence-corrected chi connectivity index (χ3v) is 21.3. The van der Waals surface area contributed by atoms with Crippen LogP contribution in [0.25, 0.3) is 0 Å². The fraction of sp³-hybridized carbons (Fsp3) is 0.769. The largest absolute Gasteiger partial charge is 0.455 e. The minimum atomic E-state index is -2.84. The first-order chi connectivity index (χ1) is 39.0. The van der Waals surface area contributed by atoms with Crippen LogP contribution in [0, 0.1) is 0 Å². The number of esters is 1. The first-order valence-electron chi connectivity index (χ1n) is 31.1. The molecule has 80 heavy (non-hydrogen) atoms. The number of hydrogen-bond donors (Lipinski definition) is 0. The van der Waals surface area contributed by atoms with Gasteiger partial charge >= 0.3 is 5.97 Å². The Morgan fingerprint density at radius 2 is 1.10 bits per heavy atom. The summed E-state index contributed by atoms with van der Waals surface area (Å²) in [4.78, 5) is 13.0. The van der Waals surface area contributed by atoms with E-state index >= 15 is 0 Å². The zero-order valence-electron chi connectivity index (χ0n) is 50.9. The molecule has 0 bridgehead atoms. The van der Waals surface area contributed by atoms with Crippen LogP contribution in [0.5, 0.6) is 0 Å². The molecule has 0 N–H and O–H groups in total. The highest BCUT2D eigenvalue weighted by Crippen LogP contribution is 2.40. The lowest BCUT2D eigenvalue weighted by atomic mass is 9.92. The summed E-state index contributed by atoms with van der Waals surface area (Å²) < 4.78 is 79.8. The molecule has 9 atom stereocenters. The number of methoxy groups -OCH3 is 3. The van der Waals surface area contributed by atoms with Crippen LogP contribution in [0.4, 0.5) is 0 Å². The maximum atomic E-state index is 13.0. The maximum absolute atomic E-state index is 13.0. The van der Waals surface area contributed by atoms with Gasteiger partial charge in [0, 0.05) is 33.3 Å². The van der Waals surface area contributed by atoms with E-state index in [0.717, 1.165) is 95.5 Å². The smallest absolute Gasteiger partial charge is 0.334 e. The van der Waals surface area contributed by atoms with Gasteiger partial charge < -0.3 is 61.3 Å². The number of rotatable bonds is 46. The molecule has 2 aromatic carbocycles. The zero-order valence-corrected chi connectivity index (χ0v) is 51.9. The van der Waals surface area contributed by atoms with Crippen LogP contribution in [0.15, 0.2) is 72.3 Å². The molecular weight excluding hydrogens is 1030 g/mol. The second-order valence-electron chi connectivity index (χ2n) is 23.4. The highest BCUT2D eigenvalue weighted by molar-refractivity contribution is 6.99. The predicted molar refractivity (Wildman–Crippen MR) is 318 cm³/mol. The van der Waals surface area contributed by atoms with Crippen LogP contribution in [-0.4, -0.2) is 151 Å². The summed E-state index contributed by atoms with van der Waals surface area (Å²) in [5.41, 5.74) is 0.731. The molecule has 5 rings (SSSR count). The number of unbranched alkanes of at least 4 members (excludes halogenated alkanes) is 11. The molecule has 2 saturated heterocycles. The van der Waals surface area contributed by atoms with Crippen molar-refractivity contribution in [3.05, 3.63) is 72.3 Å². The van der Waals surface area contributed by atoms with Gasteiger partial charge in [-0.1, -0.05) is 172 Å². The molecule has 0 radical (unpaired) electrons. The average Bonchev–Trinajstić information content (AvgIpc) is 4.15. The van der Waals surface area contributed by atoms with E-state index in [0.29, 0.717) is 52.5 Å². The summed E-state index contributed by atoms with van der Waals surface area (Å²) in [6.45, 7) is 14.6. The Kier molecular flexibility index (Phi) is 33.9. The van der Waals surface area contributed by atoms with Crippen LogP contribution >= 0.6 is 0 Å². The Morgan fingerprint density at radius 3 is 1.64 bits per heavy atom. The van der Waals surface area contributed by atoms with Gasteiger partial charge in [0.1, 0.15) is 26.5 Å². The van der Waals surface area contributed by atoms with Gasteiger partial charge in [-0.05, 0) is 86.2 Å². The van der Waals surface area contributed by atoms with E-state index in [2.05, 4.69) is 88.4 Å². The molecule has 15 heteroatoms. The highest BCUT2D eigenvalue weighted by Gasteiger charge is 2.51. The van der Waals surface area contributed by atoms with E-state index in [1.165, 1.54) is 55.3 Å². The summed E-state index contributed by atoms with van der Waals surface area (Å²) in [6, 6.07) is 21.6. The van der Waals surface area contributed by atoms with Crippen molar-refractivity contribution in [2.75, 3.05) is 81.3 Å². The fourth-order valence-corrected chi connectivity index (χ4v) is 16.6. The number of benzene rings is 2. The summed E-state index contributed by atoms with van der Waals surface area (Å²) in [7, 11) is 2.19. The second kappa shape index (κ2) is 39.8. The van der Waals surface area contributed by atoms with Crippen LogP contribution in [0.2, 0.25) is 5.04 Å². The molecule has 0 amide bonds. The van der Waals surface area contributed by atoms with Crippen molar-refractivity contribution in [3.63, 3.8) is 0 Å². The molecule has 0 spiro atoms. The molecule has 2 aromatic rings. The van der Waals surface area contributed by atoms with Gasteiger partial charge in [-0.3, -0.25) is 0 Å².